The molecule has 0 radical (unpaired) electrons. The Hall–Kier alpha value is -2.88. The Morgan fingerprint density at radius 2 is 2.12 bits per heavy atom. The molecule has 0 spiro atoms. The van der Waals surface area contributed by atoms with Crippen molar-refractivity contribution in [1.29, 1.82) is 0 Å². The van der Waals surface area contributed by atoms with Crippen molar-refractivity contribution in [3.8, 4) is 0 Å². The van der Waals surface area contributed by atoms with Gasteiger partial charge in [0.2, 0.25) is 0 Å². The van der Waals surface area contributed by atoms with Crippen LogP contribution in [0.3, 0.4) is 0 Å². The van der Waals surface area contributed by atoms with Crippen LogP contribution < -0.4 is 4.80 Å². The van der Waals surface area contributed by atoms with Gasteiger partial charge < -0.3 is 9.30 Å². The number of hydrogen-bond acceptors (Lipinski definition) is 5. The topological polar surface area (TPSA) is 78.5 Å². The van der Waals surface area contributed by atoms with E-state index in [0.29, 0.717) is 6.07 Å². The van der Waals surface area contributed by atoms with Crippen LogP contribution in [0.5, 0.6) is 0 Å². The third-order valence-electron chi connectivity index (χ3n) is 3.42. The van der Waals surface area contributed by atoms with Crippen LogP contribution in [-0.2, 0) is 23.1 Å². The summed E-state index contributed by atoms with van der Waals surface area (Å²) in [7, 11) is 1.65. The van der Waals surface area contributed by atoms with Crippen molar-refractivity contribution in [1.82, 2.24) is 14.3 Å². The van der Waals surface area contributed by atoms with Crippen LogP contribution in [0.25, 0.3) is 10.2 Å². The van der Waals surface area contributed by atoms with Gasteiger partial charge in [-0.25, -0.2) is 8.78 Å². The van der Waals surface area contributed by atoms with Crippen LogP contribution >= 0.6 is 11.3 Å². The maximum absolute atomic E-state index is 14.3. The summed E-state index contributed by atoms with van der Waals surface area (Å²) in [4.78, 5) is 28.1. The van der Waals surface area contributed by atoms with E-state index in [2.05, 4.69) is 10.1 Å². The molecule has 136 valence electrons. The second kappa shape index (κ2) is 7.16. The summed E-state index contributed by atoms with van der Waals surface area (Å²) in [6.45, 7) is 1.43. The number of hydrogen-bond donors (Lipinski definition) is 0. The number of ether oxygens (including phenoxy) is 1. The minimum absolute atomic E-state index is 0.0166. The second-order valence-electron chi connectivity index (χ2n) is 5.30. The summed E-state index contributed by atoms with van der Waals surface area (Å²) >= 11 is 0.895. The van der Waals surface area contributed by atoms with Gasteiger partial charge in [0.1, 0.15) is 12.4 Å². The minimum Gasteiger partial charge on any atom is -0.465 e. The first-order chi connectivity index (χ1) is 12.4. The number of aromatic nitrogens is 3. The summed E-state index contributed by atoms with van der Waals surface area (Å²) in [5.74, 6) is -2.90. The predicted molar refractivity (Wildman–Crippen MR) is 89.5 cm³/mol. The maximum atomic E-state index is 14.3. The van der Waals surface area contributed by atoms with E-state index in [1.54, 1.807) is 20.2 Å². The Bertz CT molecular complexity index is 1070. The highest BCUT2D eigenvalue weighted by atomic mass is 32.1. The Kier molecular flexibility index (Phi) is 4.94. The van der Waals surface area contributed by atoms with E-state index in [1.165, 1.54) is 15.3 Å². The second-order valence-corrected chi connectivity index (χ2v) is 6.31. The van der Waals surface area contributed by atoms with Crippen LogP contribution in [0.1, 0.15) is 17.4 Å². The molecule has 0 fully saturated rings. The number of thiazole rings is 1. The molecule has 26 heavy (non-hydrogen) atoms. The third-order valence-corrected chi connectivity index (χ3v) is 4.44. The van der Waals surface area contributed by atoms with E-state index in [1.807, 2.05) is 0 Å². The zero-order chi connectivity index (χ0) is 18.8. The summed E-state index contributed by atoms with van der Waals surface area (Å²) < 4.78 is 35.5. The lowest BCUT2D eigenvalue weighted by molar-refractivity contribution is -0.143. The first-order valence-electron chi connectivity index (χ1n) is 7.61. The Morgan fingerprint density at radius 3 is 2.77 bits per heavy atom. The van der Waals surface area contributed by atoms with Gasteiger partial charge in [0.05, 0.1) is 16.8 Å². The van der Waals surface area contributed by atoms with E-state index in [4.69, 9.17) is 4.74 Å². The number of halogens is 2. The molecule has 0 N–H and O–H groups in total. The molecule has 3 rings (SSSR count). The molecule has 0 aliphatic heterocycles. The van der Waals surface area contributed by atoms with Gasteiger partial charge in [-0.15, -0.1) is 0 Å². The van der Waals surface area contributed by atoms with Crippen molar-refractivity contribution in [3.63, 3.8) is 0 Å². The van der Waals surface area contributed by atoms with Crippen LogP contribution in [-0.4, -0.2) is 32.8 Å². The van der Waals surface area contributed by atoms with Crippen molar-refractivity contribution in [3.05, 3.63) is 46.5 Å². The Labute approximate surface area is 150 Å². The molecule has 7 nitrogen and oxygen atoms in total. The lowest BCUT2D eigenvalue weighted by Gasteiger charge is -2.05. The quantitative estimate of drug-likeness (QED) is 0.649. The molecule has 0 saturated heterocycles. The highest BCUT2D eigenvalue weighted by molar-refractivity contribution is 7.16. The Morgan fingerprint density at radius 1 is 1.35 bits per heavy atom. The molecule has 0 bridgehead atoms. The zero-order valence-corrected chi connectivity index (χ0v) is 14.7. The van der Waals surface area contributed by atoms with Gasteiger partial charge in [-0.1, -0.05) is 11.3 Å². The maximum Gasteiger partial charge on any atom is 0.326 e. The largest absolute Gasteiger partial charge is 0.465 e. The van der Waals surface area contributed by atoms with Crippen molar-refractivity contribution < 1.29 is 23.1 Å². The van der Waals surface area contributed by atoms with E-state index in [9.17, 15) is 18.4 Å². The monoisotopic (exact) mass is 380 g/mol. The fourth-order valence-electron chi connectivity index (χ4n) is 2.37. The molecule has 0 aliphatic rings. The van der Waals surface area contributed by atoms with Crippen LogP contribution in [0.4, 0.5) is 8.78 Å². The molecule has 1 amide bonds. The number of amides is 1. The number of nitrogens with zero attached hydrogens (tertiary/aromatic N) is 4. The van der Waals surface area contributed by atoms with Gasteiger partial charge >= 0.3 is 5.97 Å². The predicted octanol–water partition coefficient (Wildman–Crippen LogP) is 2.02. The third kappa shape index (κ3) is 3.54. The number of carbonyl (C=O) groups is 2. The number of aryl methyl sites for hydroxylation is 1. The highest BCUT2D eigenvalue weighted by Gasteiger charge is 2.17. The molecule has 0 saturated carbocycles. The van der Waals surface area contributed by atoms with Crippen molar-refractivity contribution in [2.24, 2.45) is 12.0 Å². The highest BCUT2D eigenvalue weighted by Crippen LogP contribution is 2.22. The van der Waals surface area contributed by atoms with Gasteiger partial charge in [-0.3, -0.25) is 14.3 Å². The minimum atomic E-state index is -0.854. The van der Waals surface area contributed by atoms with E-state index in [0.717, 1.165) is 17.4 Å². The molecule has 0 unspecified atom stereocenters. The van der Waals surface area contributed by atoms with Crippen molar-refractivity contribution >= 4 is 33.4 Å². The fourth-order valence-corrected chi connectivity index (χ4v) is 3.44. The molecular weight excluding hydrogens is 366 g/mol. The average Bonchev–Trinajstić information content (AvgIpc) is 3.12. The van der Waals surface area contributed by atoms with E-state index < -0.39 is 23.5 Å². The van der Waals surface area contributed by atoms with Crippen LogP contribution in [0.15, 0.2) is 29.4 Å². The summed E-state index contributed by atoms with van der Waals surface area (Å²) in [6, 6.07) is 3.31. The van der Waals surface area contributed by atoms with Gasteiger partial charge in [0, 0.05) is 19.3 Å². The molecule has 2 heterocycles. The SMILES string of the molecule is CCOC(=O)Cn1c(=NC(=O)c2ccn(C)n2)sc2cc(F)cc(F)c21. The smallest absolute Gasteiger partial charge is 0.326 e. The summed E-state index contributed by atoms with van der Waals surface area (Å²) in [5.41, 5.74) is 0.0799. The van der Waals surface area contributed by atoms with Gasteiger partial charge in [-0.2, -0.15) is 10.1 Å². The van der Waals surface area contributed by atoms with E-state index >= 15 is 0 Å². The summed E-state index contributed by atoms with van der Waals surface area (Å²) in [5, 5.41) is 3.96. The lowest BCUT2D eigenvalue weighted by Crippen LogP contribution is -2.23. The van der Waals surface area contributed by atoms with Crippen molar-refractivity contribution in [2.45, 2.75) is 13.5 Å². The number of fused-ring (bicyclic) bond motifs is 1. The summed E-state index contributed by atoms with van der Waals surface area (Å²) in [6.07, 6.45) is 1.58. The number of esters is 1. The van der Waals surface area contributed by atoms with Crippen molar-refractivity contribution in [2.75, 3.05) is 6.61 Å². The average molecular weight is 380 g/mol. The molecule has 3 aromatic rings. The normalized spacial score (nSPS) is 11.9. The number of rotatable bonds is 4. The molecular formula is C16H14F2N4O3S. The van der Waals surface area contributed by atoms with Crippen LogP contribution in [0.2, 0.25) is 0 Å². The Balaban J connectivity index is 2.16. The molecule has 0 atom stereocenters. The molecule has 2 aromatic heterocycles. The fraction of sp³-hybridized carbons (Fsp3) is 0.250. The molecule has 1 aromatic carbocycles. The number of benzene rings is 1. The standard InChI is InChI=1S/C16H14F2N4O3S/c1-3-25-13(23)8-22-14-10(18)6-9(17)7-12(14)26-16(22)19-15(24)11-4-5-21(2)20-11/h4-7H,3,8H2,1-2H3. The number of carbonyl (C=O) groups excluding carboxylic acids is 2. The van der Waals surface area contributed by atoms with E-state index in [-0.39, 0.29) is 33.9 Å². The first-order valence-corrected chi connectivity index (χ1v) is 8.43. The van der Waals surface area contributed by atoms with Gasteiger partial charge in [-0.05, 0) is 19.1 Å². The molecule has 0 aliphatic carbocycles. The van der Waals surface area contributed by atoms with Crippen LogP contribution in [0, 0.1) is 11.6 Å². The zero-order valence-electron chi connectivity index (χ0n) is 13.9. The lowest BCUT2D eigenvalue weighted by atomic mass is 10.3. The molecule has 10 heteroatoms. The van der Waals surface area contributed by atoms with Gasteiger partial charge in [0.15, 0.2) is 16.3 Å². The first kappa shape index (κ1) is 17.9. The van der Waals surface area contributed by atoms with Gasteiger partial charge in [0.25, 0.3) is 5.91 Å².